The van der Waals surface area contributed by atoms with Gasteiger partial charge in [0.15, 0.2) is 0 Å². The quantitative estimate of drug-likeness (QED) is 0.662. The van der Waals surface area contributed by atoms with Crippen molar-refractivity contribution in [2.24, 2.45) is 5.41 Å². The molecule has 2 rings (SSSR count). The van der Waals surface area contributed by atoms with E-state index in [2.05, 4.69) is 5.32 Å². The van der Waals surface area contributed by atoms with Gasteiger partial charge < -0.3 is 14.8 Å². The first-order valence-electron chi connectivity index (χ1n) is 5.16. The van der Waals surface area contributed by atoms with Crippen molar-refractivity contribution in [3.05, 3.63) is 0 Å². The molecule has 1 heterocycles. The van der Waals surface area contributed by atoms with Crippen LogP contribution in [0.4, 0.5) is 0 Å². The lowest BCUT2D eigenvalue weighted by molar-refractivity contribution is -0.182. The summed E-state index contributed by atoms with van der Waals surface area (Å²) in [4.78, 5) is 11.5. The molecule has 0 aromatic carbocycles. The van der Waals surface area contributed by atoms with Crippen molar-refractivity contribution in [2.45, 2.75) is 25.3 Å². The molecule has 14 heavy (non-hydrogen) atoms. The van der Waals surface area contributed by atoms with Gasteiger partial charge in [-0.3, -0.25) is 4.79 Å². The summed E-state index contributed by atoms with van der Waals surface area (Å²) in [5, 5.41) is 3.40. The van der Waals surface area contributed by atoms with E-state index in [1.807, 2.05) is 0 Å². The van der Waals surface area contributed by atoms with Gasteiger partial charge in [0.25, 0.3) is 0 Å². The number of ether oxygens (including phenoxy) is 2. The van der Waals surface area contributed by atoms with E-state index in [0.717, 1.165) is 0 Å². The molecule has 1 saturated heterocycles. The Kier molecular flexibility index (Phi) is 2.74. The summed E-state index contributed by atoms with van der Waals surface area (Å²) in [5.74, 6) is -0.143. The summed E-state index contributed by atoms with van der Waals surface area (Å²) in [7, 11) is 1.44. The van der Waals surface area contributed by atoms with E-state index in [-0.39, 0.29) is 5.97 Å². The van der Waals surface area contributed by atoms with Crippen molar-refractivity contribution < 1.29 is 14.3 Å². The second kappa shape index (κ2) is 3.87. The SMILES string of the molecule is COC(=O)C1(CNC2CCC2)COC1. The fourth-order valence-electron chi connectivity index (χ4n) is 1.81. The predicted octanol–water partition coefficient (Wildman–Crippen LogP) is 0.318. The van der Waals surface area contributed by atoms with Crippen LogP contribution in [0, 0.1) is 5.41 Å². The van der Waals surface area contributed by atoms with Gasteiger partial charge in [-0.1, -0.05) is 6.42 Å². The number of hydrogen-bond acceptors (Lipinski definition) is 4. The monoisotopic (exact) mass is 199 g/mol. The summed E-state index contributed by atoms with van der Waals surface area (Å²) in [6.45, 7) is 1.70. The summed E-state index contributed by atoms with van der Waals surface area (Å²) in [6.07, 6.45) is 3.77. The Balaban J connectivity index is 1.82. The minimum Gasteiger partial charge on any atom is -0.468 e. The second-order valence-electron chi connectivity index (χ2n) is 4.27. The van der Waals surface area contributed by atoms with Crippen LogP contribution >= 0.6 is 0 Å². The summed E-state index contributed by atoms with van der Waals surface area (Å²) in [5.41, 5.74) is -0.398. The van der Waals surface area contributed by atoms with Gasteiger partial charge in [0.1, 0.15) is 5.41 Å². The molecule has 0 unspecified atom stereocenters. The highest BCUT2D eigenvalue weighted by atomic mass is 16.5. The third kappa shape index (κ3) is 1.64. The fourth-order valence-corrected chi connectivity index (χ4v) is 1.81. The van der Waals surface area contributed by atoms with Gasteiger partial charge in [0.05, 0.1) is 20.3 Å². The van der Waals surface area contributed by atoms with Crippen LogP contribution in [0.15, 0.2) is 0 Å². The van der Waals surface area contributed by atoms with Crippen molar-refractivity contribution in [3.63, 3.8) is 0 Å². The molecule has 1 aliphatic heterocycles. The largest absolute Gasteiger partial charge is 0.468 e. The van der Waals surface area contributed by atoms with Crippen LogP contribution in [-0.4, -0.2) is 38.9 Å². The molecule has 0 atom stereocenters. The maximum Gasteiger partial charge on any atom is 0.317 e. The van der Waals surface area contributed by atoms with Crippen molar-refractivity contribution >= 4 is 5.97 Å². The number of methoxy groups -OCH3 is 1. The summed E-state index contributed by atoms with van der Waals surface area (Å²) >= 11 is 0. The second-order valence-corrected chi connectivity index (χ2v) is 4.27. The third-order valence-electron chi connectivity index (χ3n) is 3.21. The molecule has 0 radical (unpaired) electrons. The van der Waals surface area contributed by atoms with Gasteiger partial charge >= 0.3 is 5.97 Å². The lowest BCUT2D eigenvalue weighted by Crippen LogP contribution is -2.57. The lowest BCUT2D eigenvalue weighted by atomic mass is 9.84. The van der Waals surface area contributed by atoms with Crippen LogP contribution in [0.3, 0.4) is 0 Å². The molecule has 1 saturated carbocycles. The zero-order chi connectivity index (χ0) is 10.0. The highest BCUT2D eigenvalue weighted by molar-refractivity contribution is 5.78. The van der Waals surface area contributed by atoms with E-state index >= 15 is 0 Å². The molecule has 2 aliphatic rings. The molecule has 0 amide bonds. The van der Waals surface area contributed by atoms with Crippen LogP contribution in [0.2, 0.25) is 0 Å². The molecule has 0 aromatic rings. The van der Waals surface area contributed by atoms with Crippen LogP contribution < -0.4 is 5.32 Å². The minimum atomic E-state index is -0.398. The number of hydrogen-bond donors (Lipinski definition) is 1. The zero-order valence-electron chi connectivity index (χ0n) is 8.54. The van der Waals surface area contributed by atoms with Crippen molar-refractivity contribution in [1.82, 2.24) is 5.32 Å². The molecule has 1 aliphatic carbocycles. The fraction of sp³-hybridized carbons (Fsp3) is 0.900. The van der Waals surface area contributed by atoms with Gasteiger partial charge in [-0.2, -0.15) is 0 Å². The van der Waals surface area contributed by atoms with Gasteiger partial charge in [0, 0.05) is 12.6 Å². The van der Waals surface area contributed by atoms with E-state index in [1.54, 1.807) is 0 Å². The number of nitrogens with one attached hydrogen (secondary N) is 1. The van der Waals surface area contributed by atoms with E-state index in [0.29, 0.717) is 25.8 Å². The molecule has 1 N–H and O–H groups in total. The molecule has 0 aromatic heterocycles. The Bertz CT molecular complexity index is 221. The van der Waals surface area contributed by atoms with Crippen molar-refractivity contribution in [2.75, 3.05) is 26.9 Å². The normalized spacial score (nSPS) is 24.9. The molecule has 80 valence electrons. The van der Waals surface area contributed by atoms with Crippen molar-refractivity contribution in [3.8, 4) is 0 Å². The zero-order valence-corrected chi connectivity index (χ0v) is 8.54. The Hall–Kier alpha value is -0.610. The Labute approximate surface area is 84.0 Å². The lowest BCUT2D eigenvalue weighted by Gasteiger charge is -2.40. The summed E-state index contributed by atoms with van der Waals surface area (Å²) < 4.78 is 9.89. The standard InChI is InChI=1S/C10H17NO3/c1-13-9(12)10(6-14-7-10)5-11-8-3-2-4-8/h8,11H,2-7H2,1H3. The Morgan fingerprint density at radius 3 is 2.64 bits per heavy atom. The highest BCUT2D eigenvalue weighted by Gasteiger charge is 2.47. The first-order chi connectivity index (χ1) is 6.77. The molecule has 4 heteroatoms. The maximum atomic E-state index is 11.5. The minimum absolute atomic E-state index is 0.143. The van der Waals surface area contributed by atoms with Gasteiger partial charge in [0.2, 0.25) is 0 Å². The topological polar surface area (TPSA) is 47.6 Å². The molecular formula is C10H17NO3. The Morgan fingerprint density at radius 1 is 1.57 bits per heavy atom. The molecule has 2 fully saturated rings. The van der Waals surface area contributed by atoms with Crippen LogP contribution in [0.5, 0.6) is 0 Å². The Morgan fingerprint density at radius 2 is 2.29 bits per heavy atom. The average Bonchev–Trinajstić information content (AvgIpc) is 2.05. The molecule has 0 spiro atoms. The van der Waals surface area contributed by atoms with E-state index < -0.39 is 5.41 Å². The van der Waals surface area contributed by atoms with Crippen LogP contribution in [-0.2, 0) is 14.3 Å². The number of esters is 1. The smallest absolute Gasteiger partial charge is 0.317 e. The first kappa shape index (κ1) is 9.93. The highest BCUT2D eigenvalue weighted by Crippen LogP contribution is 2.29. The maximum absolute atomic E-state index is 11.5. The van der Waals surface area contributed by atoms with Gasteiger partial charge in [-0.15, -0.1) is 0 Å². The predicted molar refractivity (Wildman–Crippen MR) is 50.9 cm³/mol. The average molecular weight is 199 g/mol. The van der Waals surface area contributed by atoms with Crippen LogP contribution in [0.1, 0.15) is 19.3 Å². The number of carbonyl (C=O) groups is 1. The third-order valence-corrected chi connectivity index (χ3v) is 3.21. The molecule has 4 nitrogen and oxygen atoms in total. The van der Waals surface area contributed by atoms with Crippen LogP contribution in [0.25, 0.3) is 0 Å². The van der Waals surface area contributed by atoms with Crippen molar-refractivity contribution in [1.29, 1.82) is 0 Å². The van der Waals surface area contributed by atoms with E-state index in [4.69, 9.17) is 9.47 Å². The van der Waals surface area contributed by atoms with E-state index in [9.17, 15) is 4.79 Å². The first-order valence-corrected chi connectivity index (χ1v) is 5.16. The van der Waals surface area contributed by atoms with E-state index in [1.165, 1.54) is 26.4 Å². The van der Waals surface area contributed by atoms with Gasteiger partial charge in [-0.05, 0) is 12.8 Å². The summed E-state index contributed by atoms with van der Waals surface area (Å²) in [6, 6.07) is 0.608. The number of rotatable bonds is 4. The molecular weight excluding hydrogens is 182 g/mol. The molecule has 0 bridgehead atoms. The van der Waals surface area contributed by atoms with Gasteiger partial charge in [-0.25, -0.2) is 0 Å². The number of carbonyl (C=O) groups excluding carboxylic acids is 1.